The van der Waals surface area contributed by atoms with E-state index in [-0.39, 0.29) is 29.3 Å². The topological polar surface area (TPSA) is 119 Å². The SMILES string of the molecule is COC(=O)[C@H]1CCCN1Cc1cc(=O)n2[nH]c(N)nc2n1. The Hall–Kier alpha value is -2.42. The van der Waals surface area contributed by atoms with Crippen molar-refractivity contribution in [3.8, 4) is 0 Å². The maximum Gasteiger partial charge on any atom is 0.323 e. The highest BCUT2D eigenvalue weighted by Gasteiger charge is 2.31. The number of likely N-dealkylation sites (tertiary alicyclic amines) is 1. The Morgan fingerprint density at radius 3 is 3.14 bits per heavy atom. The molecule has 2 aromatic heterocycles. The Balaban J connectivity index is 1.87. The molecule has 0 saturated carbocycles. The number of methoxy groups -OCH3 is 1. The van der Waals surface area contributed by atoms with Gasteiger partial charge in [0.05, 0.1) is 12.8 Å². The highest BCUT2D eigenvalue weighted by atomic mass is 16.5. The lowest BCUT2D eigenvalue weighted by Crippen LogP contribution is -2.36. The summed E-state index contributed by atoms with van der Waals surface area (Å²) in [6.45, 7) is 1.17. The third-order valence-corrected chi connectivity index (χ3v) is 3.60. The van der Waals surface area contributed by atoms with Crippen LogP contribution in [-0.2, 0) is 16.1 Å². The minimum atomic E-state index is -0.284. The number of nitrogens with zero attached hydrogens (tertiary/aromatic N) is 4. The lowest BCUT2D eigenvalue weighted by molar-refractivity contribution is -0.146. The number of nitrogens with one attached hydrogen (secondary N) is 1. The maximum absolute atomic E-state index is 11.9. The Morgan fingerprint density at radius 1 is 1.57 bits per heavy atom. The smallest absolute Gasteiger partial charge is 0.323 e. The van der Waals surface area contributed by atoms with E-state index in [0.717, 1.165) is 19.4 Å². The largest absolute Gasteiger partial charge is 0.468 e. The average molecular weight is 292 g/mol. The molecule has 112 valence electrons. The van der Waals surface area contributed by atoms with Crippen molar-refractivity contribution in [1.29, 1.82) is 0 Å². The molecule has 1 atom stereocenters. The van der Waals surface area contributed by atoms with E-state index < -0.39 is 0 Å². The number of anilines is 1. The van der Waals surface area contributed by atoms with Gasteiger partial charge in [-0.05, 0) is 19.4 Å². The van der Waals surface area contributed by atoms with Crippen LogP contribution >= 0.6 is 0 Å². The molecule has 1 aliphatic rings. The van der Waals surface area contributed by atoms with Crippen LogP contribution in [0.4, 0.5) is 5.95 Å². The first-order valence-corrected chi connectivity index (χ1v) is 6.64. The summed E-state index contributed by atoms with van der Waals surface area (Å²) >= 11 is 0. The first kappa shape index (κ1) is 13.6. The number of rotatable bonds is 3. The Labute approximate surface area is 119 Å². The van der Waals surface area contributed by atoms with Crippen LogP contribution in [0.5, 0.6) is 0 Å². The van der Waals surface area contributed by atoms with Gasteiger partial charge in [-0.1, -0.05) is 0 Å². The maximum atomic E-state index is 11.9. The summed E-state index contributed by atoms with van der Waals surface area (Å²) in [6.07, 6.45) is 1.67. The summed E-state index contributed by atoms with van der Waals surface area (Å²) in [5.41, 5.74) is 5.79. The van der Waals surface area contributed by atoms with Crippen molar-refractivity contribution in [2.24, 2.45) is 0 Å². The van der Waals surface area contributed by atoms with Gasteiger partial charge in [-0.3, -0.25) is 19.6 Å². The van der Waals surface area contributed by atoms with Gasteiger partial charge in [-0.2, -0.15) is 9.50 Å². The summed E-state index contributed by atoms with van der Waals surface area (Å²) in [5, 5.41) is 2.60. The van der Waals surface area contributed by atoms with Gasteiger partial charge in [-0.25, -0.2) is 4.98 Å². The average Bonchev–Trinajstić information content (AvgIpc) is 3.04. The van der Waals surface area contributed by atoms with Crippen LogP contribution in [0.1, 0.15) is 18.5 Å². The fourth-order valence-corrected chi connectivity index (χ4v) is 2.65. The van der Waals surface area contributed by atoms with Crippen LogP contribution in [0.25, 0.3) is 5.78 Å². The number of nitrogens with two attached hydrogens (primary N) is 1. The summed E-state index contributed by atoms with van der Waals surface area (Å²) in [5.74, 6) is 0.100. The van der Waals surface area contributed by atoms with Crippen molar-refractivity contribution in [3.05, 3.63) is 22.1 Å². The zero-order chi connectivity index (χ0) is 15.0. The second-order valence-corrected chi connectivity index (χ2v) is 4.98. The quantitative estimate of drug-likeness (QED) is 0.706. The van der Waals surface area contributed by atoms with Crippen LogP contribution in [0, 0.1) is 0 Å². The lowest BCUT2D eigenvalue weighted by atomic mass is 10.2. The van der Waals surface area contributed by atoms with Gasteiger partial charge >= 0.3 is 5.97 Å². The van der Waals surface area contributed by atoms with Crippen LogP contribution in [0.3, 0.4) is 0 Å². The number of carbonyl (C=O) groups excluding carboxylic acids is 1. The van der Waals surface area contributed by atoms with Gasteiger partial charge in [0.2, 0.25) is 5.95 Å². The Morgan fingerprint density at radius 2 is 2.38 bits per heavy atom. The Bertz CT molecular complexity index is 736. The van der Waals surface area contributed by atoms with E-state index in [2.05, 4.69) is 15.1 Å². The molecule has 0 bridgehead atoms. The van der Waals surface area contributed by atoms with E-state index in [1.165, 1.54) is 17.7 Å². The second kappa shape index (κ2) is 5.17. The van der Waals surface area contributed by atoms with Crippen molar-refractivity contribution in [3.63, 3.8) is 0 Å². The molecule has 0 spiro atoms. The molecule has 9 nitrogen and oxygen atoms in total. The predicted octanol–water partition coefficient (Wildman–Crippen LogP) is -0.863. The van der Waals surface area contributed by atoms with E-state index in [4.69, 9.17) is 10.5 Å². The molecule has 0 aliphatic carbocycles. The number of aromatic nitrogens is 4. The second-order valence-electron chi connectivity index (χ2n) is 4.98. The molecule has 0 radical (unpaired) electrons. The third kappa shape index (κ3) is 2.47. The highest BCUT2D eigenvalue weighted by molar-refractivity contribution is 5.75. The number of esters is 1. The minimum absolute atomic E-state index is 0.130. The number of ether oxygens (including phenoxy) is 1. The number of aromatic amines is 1. The molecular formula is C12H16N6O3. The number of H-pyrrole nitrogens is 1. The normalized spacial score (nSPS) is 19.2. The zero-order valence-corrected chi connectivity index (χ0v) is 11.6. The number of carbonyl (C=O) groups is 1. The summed E-state index contributed by atoms with van der Waals surface area (Å²) in [6, 6.07) is 1.14. The summed E-state index contributed by atoms with van der Waals surface area (Å²) < 4.78 is 5.98. The van der Waals surface area contributed by atoms with Crippen LogP contribution in [0.15, 0.2) is 10.9 Å². The summed E-state index contributed by atoms with van der Waals surface area (Å²) in [4.78, 5) is 33.8. The van der Waals surface area contributed by atoms with E-state index >= 15 is 0 Å². The molecule has 9 heteroatoms. The molecule has 3 N–H and O–H groups in total. The van der Waals surface area contributed by atoms with Crippen LogP contribution in [0.2, 0.25) is 0 Å². The molecule has 3 rings (SSSR count). The number of hydrogen-bond acceptors (Lipinski definition) is 7. The number of fused-ring (bicyclic) bond motifs is 1. The van der Waals surface area contributed by atoms with E-state index in [0.29, 0.717) is 12.2 Å². The first-order valence-electron chi connectivity index (χ1n) is 6.64. The van der Waals surface area contributed by atoms with Crippen molar-refractivity contribution < 1.29 is 9.53 Å². The molecule has 1 aliphatic heterocycles. The zero-order valence-electron chi connectivity index (χ0n) is 11.6. The van der Waals surface area contributed by atoms with Crippen LogP contribution < -0.4 is 11.3 Å². The van der Waals surface area contributed by atoms with Crippen molar-refractivity contribution in [2.45, 2.75) is 25.4 Å². The van der Waals surface area contributed by atoms with Gasteiger partial charge in [0.25, 0.3) is 11.3 Å². The molecular weight excluding hydrogens is 276 g/mol. The van der Waals surface area contributed by atoms with E-state index in [9.17, 15) is 9.59 Å². The molecule has 1 fully saturated rings. The molecule has 0 unspecified atom stereocenters. The molecule has 2 aromatic rings. The third-order valence-electron chi connectivity index (χ3n) is 3.60. The van der Waals surface area contributed by atoms with E-state index in [1.54, 1.807) is 0 Å². The monoisotopic (exact) mass is 292 g/mol. The minimum Gasteiger partial charge on any atom is -0.468 e. The standard InChI is InChI=1S/C12H16N6O3/c1-21-10(20)8-3-2-4-17(8)6-7-5-9(19)18-12(14-7)15-11(13)16-18/h5,8H,2-4,6H2,1H3,(H3,13,14,15,16)/t8-/m1/s1. The lowest BCUT2D eigenvalue weighted by Gasteiger charge is -2.21. The summed E-state index contributed by atoms with van der Waals surface area (Å²) in [7, 11) is 1.38. The van der Waals surface area contributed by atoms with Crippen molar-refractivity contribution >= 4 is 17.7 Å². The molecule has 0 amide bonds. The molecule has 3 heterocycles. The Kier molecular flexibility index (Phi) is 3.34. The molecule has 21 heavy (non-hydrogen) atoms. The number of nitrogen functional groups attached to an aromatic ring is 1. The van der Waals surface area contributed by atoms with Gasteiger partial charge in [0.15, 0.2) is 0 Å². The van der Waals surface area contributed by atoms with Crippen molar-refractivity contribution in [2.75, 3.05) is 19.4 Å². The molecule has 0 aromatic carbocycles. The van der Waals surface area contributed by atoms with Gasteiger partial charge < -0.3 is 10.5 Å². The first-order chi connectivity index (χ1) is 10.1. The van der Waals surface area contributed by atoms with E-state index in [1.807, 2.05) is 4.90 Å². The van der Waals surface area contributed by atoms with Gasteiger partial charge in [-0.15, -0.1) is 0 Å². The van der Waals surface area contributed by atoms with Gasteiger partial charge in [0, 0.05) is 12.6 Å². The number of hydrogen-bond donors (Lipinski definition) is 2. The fraction of sp³-hybridized carbons (Fsp3) is 0.500. The van der Waals surface area contributed by atoms with Crippen LogP contribution in [-0.4, -0.2) is 50.1 Å². The predicted molar refractivity (Wildman–Crippen MR) is 73.5 cm³/mol. The molecule has 1 saturated heterocycles. The highest BCUT2D eigenvalue weighted by Crippen LogP contribution is 2.20. The van der Waals surface area contributed by atoms with Crippen molar-refractivity contribution in [1.82, 2.24) is 24.5 Å². The fourth-order valence-electron chi connectivity index (χ4n) is 2.65. The van der Waals surface area contributed by atoms with Gasteiger partial charge in [0.1, 0.15) is 6.04 Å².